The minimum absolute atomic E-state index is 0.332. The molecular weight excluding hydrogens is 586 g/mol. The van der Waals surface area contributed by atoms with Crippen molar-refractivity contribution in [1.82, 2.24) is 25.0 Å². The Morgan fingerprint density at radius 2 is 1.76 bits per heavy atom. The number of aryl methyl sites for hydroxylation is 1. The van der Waals surface area contributed by atoms with Gasteiger partial charge in [-0.3, -0.25) is 4.79 Å². The highest BCUT2D eigenvalue weighted by atomic mass is 19.1. The zero-order valence-corrected chi connectivity index (χ0v) is 27.6. The van der Waals surface area contributed by atoms with Gasteiger partial charge in [0.05, 0.1) is 0 Å². The van der Waals surface area contributed by atoms with E-state index in [0.29, 0.717) is 56.2 Å². The third-order valence-corrected chi connectivity index (χ3v) is 7.29. The number of carbonyl (C=O) groups excluding carboxylic acids is 1. The minimum atomic E-state index is -0.335. The average molecular weight is 635 g/mol. The van der Waals surface area contributed by atoms with Crippen LogP contribution in [0, 0.1) is 17.6 Å². The van der Waals surface area contributed by atoms with Crippen molar-refractivity contribution in [1.29, 1.82) is 0 Å². The van der Waals surface area contributed by atoms with Crippen LogP contribution >= 0.6 is 0 Å². The monoisotopic (exact) mass is 634 g/mol. The molecule has 2 aromatic carbocycles. The van der Waals surface area contributed by atoms with Crippen molar-refractivity contribution in [2.75, 3.05) is 32.8 Å². The first-order valence-electron chi connectivity index (χ1n) is 16.2. The van der Waals surface area contributed by atoms with Crippen LogP contribution in [0.2, 0.25) is 0 Å². The Labute approximate surface area is 272 Å². The highest BCUT2D eigenvalue weighted by Crippen LogP contribution is 2.24. The fourth-order valence-electron chi connectivity index (χ4n) is 4.96. The van der Waals surface area contributed by atoms with Crippen molar-refractivity contribution in [3.8, 4) is 22.8 Å². The van der Waals surface area contributed by atoms with Crippen molar-refractivity contribution in [3.63, 3.8) is 0 Å². The van der Waals surface area contributed by atoms with Crippen LogP contribution in [0.25, 0.3) is 22.8 Å². The third-order valence-electron chi connectivity index (χ3n) is 7.29. The molecule has 1 fully saturated rings. The van der Waals surface area contributed by atoms with E-state index < -0.39 is 0 Å². The summed E-state index contributed by atoms with van der Waals surface area (Å²) in [5.74, 6) is 2.10. The van der Waals surface area contributed by atoms with E-state index in [9.17, 15) is 13.6 Å². The van der Waals surface area contributed by atoms with Gasteiger partial charge in [-0.05, 0) is 100 Å². The third kappa shape index (κ3) is 12.3. The first kappa shape index (κ1) is 36.3. The summed E-state index contributed by atoms with van der Waals surface area (Å²) < 4.78 is 34.0. The molecule has 2 heterocycles. The number of rotatable bonds is 15. The van der Waals surface area contributed by atoms with Gasteiger partial charge >= 0.3 is 0 Å². The number of hydrogen-bond acceptors (Lipinski definition) is 5. The van der Waals surface area contributed by atoms with Gasteiger partial charge in [0.15, 0.2) is 11.6 Å². The lowest BCUT2D eigenvalue weighted by Crippen LogP contribution is -2.37. The average Bonchev–Trinajstić information content (AvgIpc) is 3.72. The van der Waals surface area contributed by atoms with Crippen molar-refractivity contribution in [3.05, 3.63) is 84.1 Å². The topological polar surface area (TPSA) is 84.6 Å². The van der Waals surface area contributed by atoms with Crippen molar-refractivity contribution < 1.29 is 18.3 Å². The normalized spacial score (nSPS) is 14.6. The van der Waals surface area contributed by atoms with Crippen LogP contribution in [0.3, 0.4) is 0 Å². The zero-order valence-electron chi connectivity index (χ0n) is 27.6. The second-order valence-electron chi connectivity index (χ2n) is 11.4. The maximum Gasteiger partial charge on any atom is 0.207 e. The SMILES string of the molecule is CC/C=C/N=C(C=C(C)C)N(CCCn1nc(-c2ccc(F)cc2)nc1-c1ccc(F)cc1)CCNC=O.CCCC1CCOC1. The Morgan fingerprint density at radius 3 is 2.35 bits per heavy atom. The van der Waals surface area contributed by atoms with Gasteiger partial charge in [-0.1, -0.05) is 31.9 Å². The van der Waals surface area contributed by atoms with Crippen LogP contribution in [-0.4, -0.2) is 64.8 Å². The number of nitrogens with zero attached hydrogens (tertiary/aromatic N) is 5. The van der Waals surface area contributed by atoms with Gasteiger partial charge in [-0.25, -0.2) is 23.4 Å². The Balaban J connectivity index is 0.000000625. The molecule has 1 aliphatic heterocycles. The molecule has 1 N–H and O–H groups in total. The van der Waals surface area contributed by atoms with E-state index in [1.165, 1.54) is 43.5 Å². The quantitative estimate of drug-likeness (QED) is 0.0813. The van der Waals surface area contributed by atoms with Gasteiger partial charge in [0, 0.05) is 56.7 Å². The molecule has 8 nitrogen and oxygen atoms in total. The summed E-state index contributed by atoms with van der Waals surface area (Å²) in [6.07, 6.45) is 12.1. The van der Waals surface area contributed by atoms with E-state index in [1.807, 2.05) is 26.0 Å². The number of hydrogen-bond donors (Lipinski definition) is 1. The van der Waals surface area contributed by atoms with E-state index in [-0.39, 0.29) is 11.6 Å². The van der Waals surface area contributed by atoms with E-state index in [1.54, 1.807) is 35.1 Å². The predicted octanol–water partition coefficient (Wildman–Crippen LogP) is 7.44. The highest BCUT2D eigenvalue weighted by molar-refractivity contribution is 5.94. The zero-order chi connectivity index (χ0) is 33.1. The van der Waals surface area contributed by atoms with Gasteiger partial charge in [-0.2, -0.15) is 5.10 Å². The van der Waals surface area contributed by atoms with Crippen LogP contribution in [0.15, 0.2) is 77.4 Å². The summed E-state index contributed by atoms with van der Waals surface area (Å²) in [7, 11) is 0. The number of aromatic nitrogens is 3. The Morgan fingerprint density at radius 1 is 1.07 bits per heavy atom. The number of ether oxygens (including phenoxy) is 1. The van der Waals surface area contributed by atoms with Gasteiger partial charge in [0.1, 0.15) is 17.5 Å². The molecule has 10 heteroatoms. The molecule has 3 aromatic rings. The molecule has 0 saturated carbocycles. The largest absolute Gasteiger partial charge is 0.381 e. The molecule has 1 unspecified atom stereocenters. The number of allylic oxidation sites excluding steroid dienone is 2. The summed E-state index contributed by atoms with van der Waals surface area (Å²) >= 11 is 0. The number of carbonyl (C=O) groups is 1. The molecule has 0 bridgehead atoms. The fourth-order valence-corrected chi connectivity index (χ4v) is 4.96. The molecule has 0 spiro atoms. The molecule has 1 atom stereocenters. The molecule has 4 rings (SSSR count). The summed E-state index contributed by atoms with van der Waals surface area (Å²) in [5, 5.41) is 7.42. The van der Waals surface area contributed by atoms with Crippen LogP contribution < -0.4 is 5.32 Å². The van der Waals surface area contributed by atoms with E-state index >= 15 is 0 Å². The number of amides is 1. The van der Waals surface area contributed by atoms with Crippen molar-refractivity contribution in [2.45, 2.75) is 66.3 Å². The Bertz CT molecular complexity index is 1410. The van der Waals surface area contributed by atoms with Crippen molar-refractivity contribution >= 4 is 12.2 Å². The fraction of sp³-hybridized carbons (Fsp3) is 0.444. The molecule has 1 saturated heterocycles. The van der Waals surface area contributed by atoms with E-state index in [4.69, 9.17) is 14.8 Å². The lowest BCUT2D eigenvalue weighted by Gasteiger charge is -2.25. The lowest BCUT2D eigenvalue weighted by molar-refractivity contribution is -0.109. The number of aliphatic imine (C=N–C) groups is 1. The number of benzene rings is 2. The van der Waals surface area contributed by atoms with Crippen LogP contribution in [-0.2, 0) is 16.1 Å². The molecular formula is C36H48F2N6O2. The molecule has 0 aliphatic carbocycles. The molecule has 1 aromatic heterocycles. The lowest BCUT2D eigenvalue weighted by atomic mass is 10.0. The molecule has 0 radical (unpaired) electrons. The van der Waals surface area contributed by atoms with Gasteiger partial charge in [0.2, 0.25) is 6.41 Å². The second kappa shape index (κ2) is 20.0. The second-order valence-corrected chi connectivity index (χ2v) is 11.4. The van der Waals surface area contributed by atoms with Gasteiger partial charge in [-0.15, -0.1) is 0 Å². The summed E-state index contributed by atoms with van der Waals surface area (Å²) in [4.78, 5) is 22.3. The van der Waals surface area contributed by atoms with Crippen LogP contribution in [0.1, 0.15) is 59.8 Å². The number of halogens is 2. The number of nitrogens with one attached hydrogen (secondary N) is 1. The summed E-state index contributed by atoms with van der Waals surface area (Å²) in [5.41, 5.74) is 2.53. The molecule has 46 heavy (non-hydrogen) atoms. The smallest absolute Gasteiger partial charge is 0.207 e. The number of amidine groups is 1. The first-order chi connectivity index (χ1) is 22.3. The van der Waals surface area contributed by atoms with E-state index in [0.717, 1.165) is 42.5 Å². The van der Waals surface area contributed by atoms with Gasteiger partial charge < -0.3 is 15.0 Å². The Hall–Kier alpha value is -4.18. The highest BCUT2D eigenvalue weighted by Gasteiger charge is 2.16. The van der Waals surface area contributed by atoms with Crippen molar-refractivity contribution in [2.24, 2.45) is 10.9 Å². The molecule has 1 aliphatic rings. The predicted molar refractivity (Wildman–Crippen MR) is 181 cm³/mol. The maximum absolute atomic E-state index is 13.6. The Kier molecular flexibility index (Phi) is 15.8. The standard InChI is InChI=1S/C29H34F2N6O.C7H14O/c1-4-5-15-33-27(20-22(2)3)36(19-16-32-21-38)17-6-18-37-29(24-9-13-26(31)14-10-24)34-28(35-37)23-7-11-25(30)12-8-23;1-2-3-7-4-5-8-6-7/h5,7-15,20-21H,4,6,16-19H2,1-3H3,(H,32,38);7H,2-6H2,1H3/b15-5+,33-27?;. The van der Waals surface area contributed by atoms with Crippen LogP contribution in [0.5, 0.6) is 0 Å². The summed E-state index contributed by atoms with van der Waals surface area (Å²) in [6, 6.07) is 12.1. The maximum atomic E-state index is 13.6. The van der Waals surface area contributed by atoms with E-state index in [2.05, 4.69) is 29.1 Å². The first-order valence-corrected chi connectivity index (χ1v) is 16.2. The van der Waals surface area contributed by atoms with Crippen LogP contribution in [0.4, 0.5) is 8.78 Å². The van der Waals surface area contributed by atoms with Gasteiger partial charge in [0.25, 0.3) is 0 Å². The minimum Gasteiger partial charge on any atom is -0.381 e. The molecule has 248 valence electrons. The molecule has 1 amide bonds. The summed E-state index contributed by atoms with van der Waals surface area (Å²) in [6.45, 7) is 12.6.